The lowest BCUT2D eigenvalue weighted by molar-refractivity contribution is 0.337. The first kappa shape index (κ1) is 22.1. The Morgan fingerprint density at radius 3 is 2.55 bits per heavy atom. The number of benzene rings is 2. The largest absolute Gasteiger partial charge is 0.494 e. The van der Waals surface area contributed by atoms with Crippen molar-refractivity contribution in [2.45, 2.75) is 30.4 Å². The van der Waals surface area contributed by atoms with Crippen molar-refractivity contribution in [1.29, 1.82) is 0 Å². The first-order valence-electron chi connectivity index (χ1n) is 9.36. The van der Waals surface area contributed by atoms with E-state index in [1.165, 1.54) is 10.4 Å². The molecule has 0 saturated carbocycles. The van der Waals surface area contributed by atoms with Crippen LogP contribution in [0.3, 0.4) is 0 Å². The Balaban J connectivity index is 1.89. The van der Waals surface area contributed by atoms with Gasteiger partial charge in [-0.2, -0.15) is 4.31 Å². The van der Waals surface area contributed by atoms with Gasteiger partial charge in [-0.05, 0) is 55.7 Å². The summed E-state index contributed by atoms with van der Waals surface area (Å²) in [5, 5.41) is -0.446. The van der Waals surface area contributed by atoms with Gasteiger partial charge in [0, 0.05) is 18.1 Å². The van der Waals surface area contributed by atoms with Gasteiger partial charge < -0.3 is 4.74 Å². The van der Waals surface area contributed by atoms with E-state index >= 15 is 0 Å². The summed E-state index contributed by atoms with van der Waals surface area (Å²) in [6, 6.07) is 11.5. The van der Waals surface area contributed by atoms with Gasteiger partial charge in [0.05, 0.1) is 22.5 Å². The van der Waals surface area contributed by atoms with Crippen LogP contribution in [0.15, 0.2) is 47.4 Å². The van der Waals surface area contributed by atoms with E-state index in [1.54, 1.807) is 43.3 Å². The Labute approximate surface area is 177 Å². The zero-order chi connectivity index (χ0) is 21.2. The molecule has 0 N–H and O–H groups in total. The van der Waals surface area contributed by atoms with Crippen LogP contribution in [-0.4, -0.2) is 46.6 Å². The smallest absolute Gasteiger partial charge is 0.243 e. The molecule has 1 fully saturated rings. The monoisotopic (exact) mass is 457 g/mol. The van der Waals surface area contributed by atoms with Crippen molar-refractivity contribution in [1.82, 2.24) is 4.31 Å². The number of nitrogens with zero attached hydrogens (tertiary/aromatic N) is 1. The number of ether oxygens (including phenoxy) is 1. The molecule has 9 heteroatoms. The highest BCUT2D eigenvalue weighted by atomic mass is 35.5. The lowest BCUT2D eigenvalue weighted by atomic mass is 10.1. The first-order chi connectivity index (χ1) is 13.7. The molecule has 29 heavy (non-hydrogen) atoms. The molecule has 1 atom stereocenters. The summed E-state index contributed by atoms with van der Waals surface area (Å²) in [7, 11) is -7.37. The maximum Gasteiger partial charge on any atom is 0.243 e. The zero-order valence-corrected chi connectivity index (χ0v) is 18.7. The highest BCUT2D eigenvalue weighted by Crippen LogP contribution is 2.35. The fourth-order valence-corrected chi connectivity index (χ4v) is 7.30. The number of halogens is 1. The molecule has 0 aliphatic carbocycles. The van der Waals surface area contributed by atoms with Crippen molar-refractivity contribution < 1.29 is 21.6 Å². The maximum atomic E-state index is 13.1. The molecule has 1 unspecified atom stereocenters. The lowest BCUT2D eigenvalue weighted by Crippen LogP contribution is -2.33. The predicted molar refractivity (Wildman–Crippen MR) is 114 cm³/mol. The van der Waals surface area contributed by atoms with E-state index in [1.807, 2.05) is 6.92 Å². The average molecular weight is 458 g/mol. The molecule has 0 amide bonds. The van der Waals surface area contributed by atoms with Gasteiger partial charge in [0.1, 0.15) is 5.75 Å². The van der Waals surface area contributed by atoms with Crippen molar-refractivity contribution in [3.8, 4) is 5.75 Å². The van der Waals surface area contributed by atoms with Crippen LogP contribution >= 0.6 is 11.6 Å². The van der Waals surface area contributed by atoms with Gasteiger partial charge in [0.25, 0.3) is 0 Å². The third kappa shape index (κ3) is 4.60. The summed E-state index contributed by atoms with van der Waals surface area (Å²) in [4.78, 5) is 0.132. The molecule has 1 aliphatic rings. The molecular weight excluding hydrogens is 434 g/mol. The van der Waals surface area contributed by atoms with Crippen LogP contribution in [0.5, 0.6) is 5.75 Å². The number of rotatable bonds is 5. The van der Waals surface area contributed by atoms with Gasteiger partial charge in [0.15, 0.2) is 9.84 Å². The number of sulfonamides is 1. The molecule has 2 aromatic rings. The van der Waals surface area contributed by atoms with E-state index in [-0.39, 0.29) is 30.2 Å². The fraction of sp³-hybridized carbons (Fsp3) is 0.400. The van der Waals surface area contributed by atoms with E-state index in [0.29, 0.717) is 28.5 Å². The summed E-state index contributed by atoms with van der Waals surface area (Å²) in [5.41, 5.74) is 1.23. The molecule has 1 aliphatic heterocycles. The van der Waals surface area contributed by atoms with E-state index in [4.69, 9.17) is 16.3 Å². The van der Waals surface area contributed by atoms with Crippen LogP contribution in [0.25, 0.3) is 0 Å². The summed E-state index contributed by atoms with van der Waals surface area (Å²) < 4.78 is 58.7. The van der Waals surface area contributed by atoms with Gasteiger partial charge in [-0.3, -0.25) is 0 Å². The predicted octanol–water partition coefficient (Wildman–Crippen LogP) is 3.60. The van der Waals surface area contributed by atoms with Crippen molar-refractivity contribution in [3.63, 3.8) is 0 Å². The van der Waals surface area contributed by atoms with Crippen LogP contribution in [0.2, 0.25) is 5.02 Å². The Morgan fingerprint density at radius 1 is 1.17 bits per heavy atom. The molecule has 6 nitrogen and oxygen atoms in total. The lowest BCUT2D eigenvalue weighted by Gasteiger charge is -2.20. The fourth-order valence-electron chi connectivity index (χ4n) is 3.50. The molecule has 3 rings (SSSR count). The average Bonchev–Trinajstić information content (AvgIpc) is 2.82. The van der Waals surface area contributed by atoms with Gasteiger partial charge in [-0.15, -0.1) is 0 Å². The summed E-state index contributed by atoms with van der Waals surface area (Å²) in [6.07, 6.45) is 0.154. The van der Waals surface area contributed by atoms with Crippen LogP contribution in [0.4, 0.5) is 0 Å². The van der Waals surface area contributed by atoms with Crippen LogP contribution < -0.4 is 4.74 Å². The number of hydrogen-bond acceptors (Lipinski definition) is 5. The van der Waals surface area contributed by atoms with Crippen molar-refractivity contribution in [2.24, 2.45) is 0 Å². The van der Waals surface area contributed by atoms with E-state index in [0.717, 1.165) is 0 Å². The molecule has 0 radical (unpaired) electrons. The Morgan fingerprint density at radius 2 is 1.90 bits per heavy atom. The van der Waals surface area contributed by atoms with Crippen LogP contribution in [-0.2, 0) is 19.9 Å². The number of aryl methyl sites for hydroxylation is 1. The van der Waals surface area contributed by atoms with E-state index in [9.17, 15) is 16.8 Å². The molecule has 2 aromatic carbocycles. The molecule has 0 aromatic heterocycles. The summed E-state index contributed by atoms with van der Waals surface area (Å²) in [6.45, 7) is 4.14. The SMILES string of the molecule is CCOc1ccc(S(=O)(=O)N2CCC(c3ccccc3Cl)S(=O)(=O)CC2)cc1C. The van der Waals surface area contributed by atoms with Gasteiger partial charge >= 0.3 is 0 Å². The normalized spacial score (nSPS) is 20.2. The minimum absolute atomic E-state index is 0.0854. The number of hydrogen-bond donors (Lipinski definition) is 0. The van der Waals surface area contributed by atoms with Crippen molar-refractivity contribution >= 4 is 31.5 Å². The van der Waals surface area contributed by atoms with Crippen LogP contribution in [0.1, 0.15) is 29.7 Å². The minimum Gasteiger partial charge on any atom is -0.494 e. The standard InChI is InChI=1S/C20H24ClNO5S2/c1-3-27-19-9-8-16(14-15(19)2)29(25,26)22-11-10-20(28(23,24)13-12-22)17-6-4-5-7-18(17)21/h4-9,14,20H,3,10-13H2,1-2H3. The van der Waals surface area contributed by atoms with Crippen molar-refractivity contribution in [3.05, 3.63) is 58.6 Å². The van der Waals surface area contributed by atoms with Gasteiger partial charge in [0.2, 0.25) is 10.0 Å². The third-order valence-corrected chi connectivity index (χ3v) is 9.38. The van der Waals surface area contributed by atoms with Crippen LogP contribution in [0, 0.1) is 6.92 Å². The number of sulfone groups is 1. The van der Waals surface area contributed by atoms with Crippen molar-refractivity contribution in [2.75, 3.05) is 25.4 Å². The summed E-state index contributed by atoms with van der Waals surface area (Å²) in [5.74, 6) is 0.377. The first-order valence-corrected chi connectivity index (χ1v) is 12.9. The molecule has 1 heterocycles. The highest BCUT2D eigenvalue weighted by molar-refractivity contribution is 7.92. The molecular formula is C20H24ClNO5S2. The Bertz CT molecular complexity index is 1100. The topological polar surface area (TPSA) is 80.8 Å². The Hall–Kier alpha value is -1.61. The zero-order valence-electron chi connectivity index (χ0n) is 16.3. The Kier molecular flexibility index (Phi) is 6.57. The quantitative estimate of drug-likeness (QED) is 0.685. The summed E-state index contributed by atoms with van der Waals surface area (Å²) >= 11 is 6.21. The molecule has 0 spiro atoms. The molecule has 0 bridgehead atoms. The van der Waals surface area contributed by atoms with Gasteiger partial charge in [-0.25, -0.2) is 16.8 Å². The second-order valence-electron chi connectivity index (χ2n) is 6.93. The van der Waals surface area contributed by atoms with E-state index in [2.05, 4.69) is 0 Å². The minimum atomic E-state index is -3.83. The molecule has 158 valence electrons. The molecule has 1 saturated heterocycles. The second kappa shape index (κ2) is 8.63. The third-order valence-electron chi connectivity index (χ3n) is 5.04. The maximum absolute atomic E-state index is 13.1. The van der Waals surface area contributed by atoms with E-state index < -0.39 is 25.1 Å². The van der Waals surface area contributed by atoms with Gasteiger partial charge in [-0.1, -0.05) is 29.8 Å². The second-order valence-corrected chi connectivity index (χ2v) is 11.6. The highest BCUT2D eigenvalue weighted by Gasteiger charge is 2.36.